The normalized spacial score (nSPS) is 12.2. The van der Waals surface area contributed by atoms with Gasteiger partial charge in [-0.2, -0.15) is 0 Å². The standard InChI is InChI=1S/C15H12Cl2O2/c16-11-7-4-8-12(17)15(11)14(19)9-13(18)10-5-2-1-3-6-10/h1-8,14,19H,9H2/t14-/m1/s1. The first kappa shape index (κ1) is 14.1. The van der Waals surface area contributed by atoms with Crippen LogP contribution in [0, 0.1) is 0 Å². The number of aliphatic hydroxyl groups is 1. The second-order valence-corrected chi connectivity index (χ2v) is 4.96. The Labute approximate surface area is 121 Å². The van der Waals surface area contributed by atoms with Crippen molar-refractivity contribution < 1.29 is 9.90 Å². The summed E-state index contributed by atoms with van der Waals surface area (Å²) in [5, 5.41) is 10.8. The maximum Gasteiger partial charge on any atom is 0.165 e. The fourth-order valence-electron chi connectivity index (χ4n) is 1.85. The molecule has 98 valence electrons. The molecular weight excluding hydrogens is 283 g/mol. The molecule has 0 fully saturated rings. The first-order chi connectivity index (χ1) is 9.09. The van der Waals surface area contributed by atoms with Crippen LogP contribution in [0.2, 0.25) is 10.0 Å². The van der Waals surface area contributed by atoms with Crippen LogP contribution in [-0.2, 0) is 0 Å². The van der Waals surface area contributed by atoms with Crippen LogP contribution in [0.3, 0.4) is 0 Å². The average molecular weight is 295 g/mol. The summed E-state index contributed by atoms with van der Waals surface area (Å²) in [6, 6.07) is 13.8. The van der Waals surface area contributed by atoms with E-state index in [1.54, 1.807) is 42.5 Å². The SMILES string of the molecule is O=C(C[C@@H](O)c1c(Cl)cccc1Cl)c1ccccc1. The topological polar surface area (TPSA) is 37.3 Å². The van der Waals surface area contributed by atoms with Crippen molar-refractivity contribution in [2.75, 3.05) is 0 Å². The van der Waals surface area contributed by atoms with Crippen LogP contribution in [0.15, 0.2) is 48.5 Å². The molecule has 2 aromatic carbocycles. The Kier molecular flexibility index (Phi) is 4.59. The minimum atomic E-state index is -1.01. The van der Waals surface area contributed by atoms with Gasteiger partial charge in [0.1, 0.15) is 0 Å². The fourth-order valence-corrected chi connectivity index (χ4v) is 2.50. The summed E-state index contributed by atoms with van der Waals surface area (Å²) < 4.78 is 0. The maximum absolute atomic E-state index is 12.0. The Morgan fingerprint density at radius 1 is 1.00 bits per heavy atom. The molecule has 19 heavy (non-hydrogen) atoms. The van der Waals surface area contributed by atoms with Gasteiger partial charge in [-0.05, 0) is 12.1 Å². The zero-order chi connectivity index (χ0) is 13.8. The Hall–Kier alpha value is -1.35. The predicted octanol–water partition coefficient (Wildman–Crippen LogP) is 4.30. The van der Waals surface area contributed by atoms with E-state index in [1.807, 2.05) is 6.07 Å². The monoisotopic (exact) mass is 294 g/mol. The van der Waals surface area contributed by atoms with Gasteiger partial charge < -0.3 is 5.11 Å². The highest BCUT2D eigenvalue weighted by atomic mass is 35.5. The van der Waals surface area contributed by atoms with Crippen LogP contribution in [0.1, 0.15) is 28.4 Å². The summed E-state index contributed by atoms with van der Waals surface area (Å²) in [4.78, 5) is 12.0. The van der Waals surface area contributed by atoms with Gasteiger partial charge in [-0.15, -0.1) is 0 Å². The minimum Gasteiger partial charge on any atom is -0.388 e. The molecule has 0 aliphatic heterocycles. The van der Waals surface area contributed by atoms with Crippen molar-refractivity contribution in [1.82, 2.24) is 0 Å². The first-order valence-electron chi connectivity index (χ1n) is 5.80. The minimum absolute atomic E-state index is 0.0481. The summed E-state index contributed by atoms with van der Waals surface area (Å²) in [6.07, 6.45) is -1.05. The number of aliphatic hydroxyl groups excluding tert-OH is 1. The summed E-state index contributed by atoms with van der Waals surface area (Å²) >= 11 is 12.0. The first-order valence-corrected chi connectivity index (χ1v) is 6.55. The molecule has 0 bridgehead atoms. The van der Waals surface area contributed by atoms with Crippen LogP contribution >= 0.6 is 23.2 Å². The Balaban J connectivity index is 2.18. The maximum atomic E-state index is 12.0. The van der Waals surface area contributed by atoms with E-state index in [0.717, 1.165) is 0 Å². The van der Waals surface area contributed by atoms with Gasteiger partial charge in [-0.3, -0.25) is 4.79 Å². The lowest BCUT2D eigenvalue weighted by Gasteiger charge is -2.13. The summed E-state index contributed by atoms with van der Waals surface area (Å²) in [5.74, 6) is -0.149. The van der Waals surface area contributed by atoms with Gasteiger partial charge in [0.25, 0.3) is 0 Å². The van der Waals surface area contributed by atoms with Crippen LogP contribution in [0.25, 0.3) is 0 Å². The number of hydrogen-bond acceptors (Lipinski definition) is 2. The van der Waals surface area contributed by atoms with Crippen LogP contribution in [-0.4, -0.2) is 10.9 Å². The van der Waals surface area contributed by atoms with E-state index < -0.39 is 6.10 Å². The average Bonchev–Trinajstić information content (AvgIpc) is 2.39. The molecule has 0 aliphatic rings. The lowest BCUT2D eigenvalue weighted by Crippen LogP contribution is -2.08. The van der Waals surface area contributed by atoms with E-state index in [0.29, 0.717) is 21.2 Å². The third kappa shape index (κ3) is 3.35. The van der Waals surface area contributed by atoms with Gasteiger partial charge >= 0.3 is 0 Å². The lowest BCUT2D eigenvalue weighted by atomic mass is 10.00. The molecule has 0 amide bonds. The third-order valence-electron chi connectivity index (χ3n) is 2.81. The number of rotatable bonds is 4. The van der Waals surface area contributed by atoms with E-state index in [-0.39, 0.29) is 12.2 Å². The lowest BCUT2D eigenvalue weighted by molar-refractivity contribution is 0.0880. The number of benzene rings is 2. The second-order valence-electron chi connectivity index (χ2n) is 4.14. The molecule has 0 spiro atoms. The van der Waals surface area contributed by atoms with E-state index in [1.165, 1.54) is 0 Å². The zero-order valence-corrected chi connectivity index (χ0v) is 11.5. The summed E-state index contributed by atoms with van der Waals surface area (Å²) in [5.41, 5.74) is 0.958. The summed E-state index contributed by atoms with van der Waals surface area (Å²) in [7, 11) is 0. The molecule has 0 unspecified atom stereocenters. The van der Waals surface area contributed by atoms with E-state index in [2.05, 4.69) is 0 Å². The third-order valence-corrected chi connectivity index (χ3v) is 3.47. The molecule has 0 saturated heterocycles. The largest absolute Gasteiger partial charge is 0.388 e. The van der Waals surface area contributed by atoms with Gasteiger partial charge in [-0.25, -0.2) is 0 Å². The second kappa shape index (κ2) is 6.20. The van der Waals surface area contributed by atoms with Gasteiger partial charge in [0.15, 0.2) is 5.78 Å². The van der Waals surface area contributed by atoms with Crippen molar-refractivity contribution in [3.63, 3.8) is 0 Å². The predicted molar refractivity (Wildman–Crippen MR) is 76.8 cm³/mol. The number of ketones is 1. The number of carbonyl (C=O) groups excluding carboxylic acids is 1. The molecule has 2 rings (SSSR count). The molecule has 0 aliphatic carbocycles. The highest BCUT2D eigenvalue weighted by Gasteiger charge is 2.19. The van der Waals surface area contributed by atoms with Crippen LogP contribution in [0.5, 0.6) is 0 Å². The molecular formula is C15H12Cl2O2. The van der Waals surface area contributed by atoms with Gasteiger partial charge in [-0.1, -0.05) is 59.6 Å². The van der Waals surface area contributed by atoms with Crippen LogP contribution < -0.4 is 0 Å². The van der Waals surface area contributed by atoms with Gasteiger partial charge in [0.2, 0.25) is 0 Å². The van der Waals surface area contributed by atoms with Crippen molar-refractivity contribution in [2.24, 2.45) is 0 Å². The van der Waals surface area contributed by atoms with E-state index in [9.17, 15) is 9.90 Å². The zero-order valence-electron chi connectivity index (χ0n) is 10.0. The molecule has 1 atom stereocenters. The van der Waals surface area contributed by atoms with Crippen molar-refractivity contribution in [3.05, 3.63) is 69.7 Å². The molecule has 1 N–H and O–H groups in total. The quantitative estimate of drug-likeness (QED) is 0.854. The number of Topliss-reactive ketones (excluding diaryl/α,β-unsaturated/α-hetero) is 1. The van der Waals surface area contributed by atoms with Crippen molar-refractivity contribution in [2.45, 2.75) is 12.5 Å². The Morgan fingerprint density at radius 2 is 1.58 bits per heavy atom. The van der Waals surface area contributed by atoms with E-state index in [4.69, 9.17) is 23.2 Å². The molecule has 0 aromatic heterocycles. The number of hydrogen-bond donors (Lipinski definition) is 1. The molecule has 2 nitrogen and oxygen atoms in total. The number of carbonyl (C=O) groups is 1. The van der Waals surface area contributed by atoms with Crippen molar-refractivity contribution >= 4 is 29.0 Å². The molecule has 0 heterocycles. The Bertz CT molecular complexity index is 562. The van der Waals surface area contributed by atoms with Crippen molar-refractivity contribution in [1.29, 1.82) is 0 Å². The fraction of sp³-hybridized carbons (Fsp3) is 0.133. The highest BCUT2D eigenvalue weighted by Crippen LogP contribution is 2.32. The van der Waals surface area contributed by atoms with Gasteiger partial charge in [0.05, 0.1) is 6.10 Å². The Morgan fingerprint density at radius 3 is 2.16 bits per heavy atom. The number of halogens is 2. The molecule has 0 radical (unpaired) electrons. The molecule has 4 heteroatoms. The highest BCUT2D eigenvalue weighted by molar-refractivity contribution is 6.36. The van der Waals surface area contributed by atoms with Gasteiger partial charge in [0, 0.05) is 27.6 Å². The molecule has 2 aromatic rings. The molecule has 0 saturated carbocycles. The summed E-state index contributed by atoms with van der Waals surface area (Å²) in [6.45, 7) is 0. The van der Waals surface area contributed by atoms with E-state index >= 15 is 0 Å². The van der Waals surface area contributed by atoms with Crippen LogP contribution in [0.4, 0.5) is 0 Å². The smallest absolute Gasteiger partial charge is 0.165 e. The van der Waals surface area contributed by atoms with Crippen molar-refractivity contribution in [3.8, 4) is 0 Å².